The highest BCUT2D eigenvalue weighted by molar-refractivity contribution is 5.99. The number of nitrogens with zero attached hydrogens (tertiary/aromatic N) is 3. The predicted molar refractivity (Wildman–Crippen MR) is 141 cm³/mol. The highest BCUT2D eigenvalue weighted by Gasteiger charge is 2.37. The number of anilines is 3. The summed E-state index contributed by atoms with van der Waals surface area (Å²) in [6.07, 6.45) is 1.45. The summed E-state index contributed by atoms with van der Waals surface area (Å²) in [6, 6.07) is 14.2. The maximum Gasteiger partial charge on any atom is 0.339 e. The molecule has 0 saturated carbocycles. The number of carbonyl (C=O) groups is 2. The zero-order chi connectivity index (χ0) is 26.6. The van der Waals surface area contributed by atoms with Crippen LogP contribution in [-0.4, -0.2) is 65.6 Å². The lowest BCUT2D eigenvalue weighted by Gasteiger charge is -2.20. The first-order valence-corrected chi connectivity index (χ1v) is 12.0. The minimum absolute atomic E-state index is 0.202. The van der Waals surface area contributed by atoms with Crippen molar-refractivity contribution in [1.82, 2.24) is 20.2 Å². The lowest BCUT2D eigenvalue weighted by molar-refractivity contribution is 0.00953. The Bertz CT molecular complexity index is 1280. The van der Waals surface area contributed by atoms with Crippen molar-refractivity contribution in [1.29, 1.82) is 0 Å². The highest BCUT2D eigenvalue weighted by Crippen LogP contribution is 2.37. The van der Waals surface area contributed by atoms with E-state index in [9.17, 15) is 14.7 Å². The standard InChI is InChI=1S/C27H32N6O4/c1-27(2)21-14-18(10-11-19(21)25(36)37-27)30-26-29-15-20(24(35)28-12-13-33(3)4)23(32-26)31-22(16-34)17-8-6-5-7-9-17/h5-11,14-15,22,34H,12-13,16H2,1-4H3,(H,28,35)(H2,29,30,31,32). The van der Waals surface area contributed by atoms with Crippen LogP contribution in [0.25, 0.3) is 0 Å². The fourth-order valence-electron chi connectivity index (χ4n) is 4.06. The summed E-state index contributed by atoms with van der Waals surface area (Å²) < 4.78 is 5.45. The van der Waals surface area contributed by atoms with Gasteiger partial charge < -0.3 is 30.7 Å². The molecule has 0 bridgehead atoms. The first kappa shape index (κ1) is 26.1. The molecule has 0 fully saturated rings. The lowest BCUT2D eigenvalue weighted by Crippen LogP contribution is -2.32. The van der Waals surface area contributed by atoms with E-state index < -0.39 is 11.6 Å². The maximum absolute atomic E-state index is 13.0. The van der Waals surface area contributed by atoms with Crippen LogP contribution in [0.3, 0.4) is 0 Å². The Labute approximate surface area is 216 Å². The number of nitrogens with one attached hydrogen (secondary N) is 3. The van der Waals surface area contributed by atoms with Crippen molar-refractivity contribution >= 4 is 29.3 Å². The van der Waals surface area contributed by atoms with Gasteiger partial charge in [-0.05, 0) is 51.7 Å². The number of hydrogen-bond donors (Lipinski definition) is 4. The molecule has 1 aliphatic rings. The Morgan fingerprint density at radius 2 is 1.92 bits per heavy atom. The van der Waals surface area contributed by atoms with Gasteiger partial charge >= 0.3 is 5.97 Å². The molecule has 3 aromatic rings. The van der Waals surface area contributed by atoms with Gasteiger partial charge in [0.25, 0.3) is 5.91 Å². The van der Waals surface area contributed by atoms with Gasteiger partial charge in [0, 0.05) is 30.5 Å². The van der Waals surface area contributed by atoms with Crippen LogP contribution in [0.15, 0.2) is 54.7 Å². The number of amides is 1. The SMILES string of the molecule is CN(C)CCNC(=O)c1cnc(Nc2ccc3c(c2)C(C)(C)OC3=O)nc1NC(CO)c1ccccc1. The van der Waals surface area contributed by atoms with E-state index in [2.05, 4.69) is 25.9 Å². The number of rotatable bonds is 10. The lowest BCUT2D eigenvalue weighted by atomic mass is 9.95. The van der Waals surface area contributed by atoms with Crippen molar-refractivity contribution in [2.45, 2.75) is 25.5 Å². The van der Waals surface area contributed by atoms with Crippen molar-refractivity contribution in [2.24, 2.45) is 0 Å². The van der Waals surface area contributed by atoms with E-state index in [0.717, 1.165) is 11.1 Å². The van der Waals surface area contributed by atoms with Gasteiger partial charge in [-0.3, -0.25) is 4.79 Å². The second kappa shape index (κ2) is 10.9. The molecule has 0 radical (unpaired) electrons. The molecule has 0 spiro atoms. The van der Waals surface area contributed by atoms with Gasteiger partial charge in [-0.1, -0.05) is 30.3 Å². The van der Waals surface area contributed by atoms with Gasteiger partial charge in [-0.2, -0.15) is 4.98 Å². The van der Waals surface area contributed by atoms with Crippen molar-refractivity contribution in [3.63, 3.8) is 0 Å². The molecule has 4 rings (SSSR count). The fraction of sp³-hybridized carbons (Fsp3) is 0.333. The van der Waals surface area contributed by atoms with E-state index in [1.807, 2.05) is 69.2 Å². The summed E-state index contributed by atoms with van der Waals surface area (Å²) in [7, 11) is 3.85. The Balaban J connectivity index is 1.63. The first-order chi connectivity index (χ1) is 17.7. The minimum Gasteiger partial charge on any atom is -0.451 e. The number of fused-ring (bicyclic) bond motifs is 1. The van der Waals surface area contributed by atoms with Crippen LogP contribution in [0.5, 0.6) is 0 Å². The smallest absolute Gasteiger partial charge is 0.339 e. The van der Waals surface area contributed by atoms with E-state index in [-0.39, 0.29) is 35.8 Å². The van der Waals surface area contributed by atoms with E-state index in [0.29, 0.717) is 24.3 Å². The van der Waals surface area contributed by atoms with Gasteiger partial charge in [0.05, 0.1) is 18.2 Å². The summed E-state index contributed by atoms with van der Waals surface area (Å²) in [5.74, 6) is -0.145. The van der Waals surface area contributed by atoms with Gasteiger partial charge in [0.2, 0.25) is 5.95 Å². The van der Waals surface area contributed by atoms with Crippen LogP contribution in [-0.2, 0) is 10.3 Å². The number of cyclic esters (lactones) is 1. The van der Waals surface area contributed by atoms with Crippen LogP contribution in [0.4, 0.5) is 17.5 Å². The fourth-order valence-corrected chi connectivity index (χ4v) is 4.06. The molecule has 0 saturated heterocycles. The van der Waals surface area contributed by atoms with Crippen molar-refractivity contribution in [3.8, 4) is 0 Å². The number of esters is 1. The number of aromatic nitrogens is 2. The van der Waals surface area contributed by atoms with Crippen molar-refractivity contribution in [3.05, 3.63) is 77.0 Å². The molecule has 37 heavy (non-hydrogen) atoms. The van der Waals surface area contributed by atoms with Gasteiger partial charge in [0.1, 0.15) is 17.0 Å². The normalized spacial score (nSPS) is 14.6. The van der Waals surface area contributed by atoms with Crippen LogP contribution < -0.4 is 16.0 Å². The summed E-state index contributed by atoms with van der Waals surface area (Å²) >= 11 is 0. The monoisotopic (exact) mass is 504 g/mol. The third-order valence-electron chi connectivity index (χ3n) is 6.07. The molecule has 10 nitrogen and oxygen atoms in total. The predicted octanol–water partition coefficient (Wildman–Crippen LogP) is 3.06. The Morgan fingerprint density at radius 1 is 1.16 bits per heavy atom. The van der Waals surface area contributed by atoms with Gasteiger partial charge in [-0.15, -0.1) is 0 Å². The highest BCUT2D eigenvalue weighted by atomic mass is 16.6. The molecule has 1 atom stereocenters. The van der Waals surface area contributed by atoms with Crippen LogP contribution in [0.2, 0.25) is 0 Å². The van der Waals surface area contributed by atoms with E-state index in [1.165, 1.54) is 6.20 Å². The average molecular weight is 505 g/mol. The number of aliphatic hydroxyl groups is 1. The Kier molecular flexibility index (Phi) is 7.70. The maximum atomic E-state index is 13.0. The molecule has 1 aliphatic heterocycles. The largest absolute Gasteiger partial charge is 0.451 e. The number of carbonyl (C=O) groups excluding carboxylic acids is 2. The zero-order valence-electron chi connectivity index (χ0n) is 21.4. The Morgan fingerprint density at radius 3 is 2.62 bits per heavy atom. The van der Waals surface area contributed by atoms with E-state index in [4.69, 9.17) is 4.74 Å². The van der Waals surface area contributed by atoms with E-state index >= 15 is 0 Å². The molecule has 2 aromatic carbocycles. The van der Waals surface area contributed by atoms with Crippen LogP contribution in [0, 0.1) is 0 Å². The van der Waals surface area contributed by atoms with E-state index in [1.54, 1.807) is 12.1 Å². The molecule has 2 heterocycles. The molecule has 0 aliphatic carbocycles. The summed E-state index contributed by atoms with van der Waals surface area (Å²) in [6.45, 7) is 4.60. The average Bonchev–Trinajstić information content (AvgIpc) is 3.10. The molecular formula is C27H32N6O4. The van der Waals surface area contributed by atoms with Gasteiger partial charge in [0.15, 0.2) is 0 Å². The third kappa shape index (κ3) is 6.04. The molecule has 1 aromatic heterocycles. The van der Waals surface area contributed by atoms with Crippen molar-refractivity contribution < 1.29 is 19.4 Å². The molecule has 194 valence electrons. The second-order valence-electron chi connectivity index (χ2n) is 9.59. The summed E-state index contributed by atoms with van der Waals surface area (Å²) in [4.78, 5) is 36.0. The van der Waals surface area contributed by atoms with Crippen LogP contribution in [0.1, 0.15) is 51.7 Å². The first-order valence-electron chi connectivity index (χ1n) is 12.0. The Hall–Kier alpha value is -4.02. The number of likely N-dealkylation sites (N-methyl/N-ethyl adjacent to an activating group) is 1. The molecular weight excluding hydrogens is 472 g/mol. The minimum atomic E-state index is -0.740. The summed E-state index contributed by atoms with van der Waals surface area (Å²) in [5, 5.41) is 19.3. The number of benzene rings is 2. The summed E-state index contributed by atoms with van der Waals surface area (Å²) in [5.41, 5.74) is 2.33. The number of aliphatic hydroxyl groups excluding tert-OH is 1. The zero-order valence-corrected chi connectivity index (χ0v) is 21.4. The molecule has 1 unspecified atom stereocenters. The molecule has 1 amide bonds. The topological polar surface area (TPSA) is 129 Å². The number of hydrogen-bond acceptors (Lipinski definition) is 9. The molecule has 10 heteroatoms. The second-order valence-corrected chi connectivity index (χ2v) is 9.59. The quantitative estimate of drug-likeness (QED) is 0.308. The molecule has 4 N–H and O–H groups in total. The number of ether oxygens (including phenoxy) is 1. The van der Waals surface area contributed by atoms with Crippen LogP contribution >= 0.6 is 0 Å². The van der Waals surface area contributed by atoms with Gasteiger partial charge in [-0.25, -0.2) is 9.78 Å². The van der Waals surface area contributed by atoms with Crippen molar-refractivity contribution in [2.75, 3.05) is 44.4 Å². The third-order valence-corrected chi connectivity index (χ3v) is 6.07.